The Labute approximate surface area is 196 Å². The molecule has 172 valence electrons. The monoisotopic (exact) mass is 493 g/mol. The fourth-order valence-corrected chi connectivity index (χ4v) is 6.07. The highest BCUT2D eigenvalue weighted by Gasteiger charge is 2.33. The van der Waals surface area contributed by atoms with Gasteiger partial charge in [0, 0.05) is 10.8 Å². The summed E-state index contributed by atoms with van der Waals surface area (Å²) in [5.41, 5.74) is -0.0316. The van der Waals surface area contributed by atoms with E-state index in [0.29, 0.717) is 10.8 Å². The summed E-state index contributed by atoms with van der Waals surface area (Å²) in [5, 5.41) is 5.49. The van der Waals surface area contributed by atoms with Gasteiger partial charge in [-0.2, -0.15) is 18.2 Å². The highest BCUT2D eigenvalue weighted by molar-refractivity contribution is 7.90. The number of benzene rings is 3. The Morgan fingerprint density at radius 3 is 2.09 bits per heavy atom. The van der Waals surface area contributed by atoms with E-state index in [-0.39, 0.29) is 34.3 Å². The first-order chi connectivity index (χ1) is 16.4. The van der Waals surface area contributed by atoms with Crippen LogP contribution in [0, 0.1) is 0 Å². The van der Waals surface area contributed by atoms with Crippen molar-refractivity contribution in [1.29, 1.82) is 0 Å². The molecule has 5 rings (SSSR count). The van der Waals surface area contributed by atoms with Crippen LogP contribution in [-0.4, -0.2) is 50.0 Å². The Bertz CT molecular complexity index is 1680. The van der Waals surface area contributed by atoms with E-state index in [4.69, 9.17) is 0 Å². The summed E-state index contributed by atoms with van der Waals surface area (Å²) in [6.07, 6.45) is 1.53. The maximum absolute atomic E-state index is 13.4. The molecular weight excluding hydrogens is 474 g/mol. The zero-order valence-electron chi connectivity index (χ0n) is 17.8. The summed E-state index contributed by atoms with van der Waals surface area (Å²) in [6.45, 7) is 0.298. The molecule has 1 aliphatic heterocycles. The fourth-order valence-electron chi connectivity index (χ4n) is 3.63. The number of nitrogens with zero attached hydrogens (tertiary/aromatic N) is 5. The minimum atomic E-state index is -4.12. The van der Waals surface area contributed by atoms with Gasteiger partial charge < -0.3 is 0 Å². The molecule has 0 amide bonds. The number of hydrogen-bond acceptors (Lipinski definition) is 6. The second-order valence-electron chi connectivity index (χ2n) is 7.42. The maximum atomic E-state index is 13.4. The molecule has 11 heteroatoms. The topological polar surface area (TPSA) is 114 Å². The van der Waals surface area contributed by atoms with Gasteiger partial charge in [0.05, 0.1) is 29.1 Å². The van der Waals surface area contributed by atoms with E-state index < -0.39 is 20.0 Å². The van der Waals surface area contributed by atoms with Gasteiger partial charge >= 0.3 is 0 Å². The first-order valence-electron chi connectivity index (χ1n) is 10.3. The van der Waals surface area contributed by atoms with Crippen molar-refractivity contribution >= 4 is 36.8 Å². The molecule has 0 aliphatic carbocycles. The van der Waals surface area contributed by atoms with Crippen molar-refractivity contribution in [2.45, 2.75) is 9.79 Å². The predicted molar refractivity (Wildman–Crippen MR) is 127 cm³/mol. The van der Waals surface area contributed by atoms with E-state index >= 15 is 0 Å². The van der Waals surface area contributed by atoms with Crippen LogP contribution in [0.4, 0.5) is 0 Å². The quantitative estimate of drug-likeness (QED) is 0.433. The van der Waals surface area contributed by atoms with Crippen molar-refractivity contribution in [2.75, 3.05) is 13.1 Å². The number of hydrogen-bond donors (Lipinski definition) is 0. The maximum Gasteiger partial charge on any atom is 0.284 e. The highest BCUT2D eigenvalue weighted by atomic mass is 32.2. The Kier molecular flexibility index (Phi) is 5.50. The van der Waals surface area contributed by atoms with E-state index in [9.17, 15) is 16.8 Å². The van der Waals surface area contributed by atoms with Crippen molar-refractivity contribution in [3.63, 3.8) is 0 Å². The van der Waals surface area contributed by atoms with E-state index in [1.807, 2.05) is 0 Å². The third kappa shape index (κ3) is 3.88. The van der Waals surface area contributed by atoms with Crippen LogP contribution in [0.5, 0.6) is 0 Å². The molecule has 9 nitrogen and oxygen atoms in total. The molecule has 0 radical (unpaired) electrons. The van der Waals surface area contributed by atoms with Crippen LogP contribution in [0.3, 0.4) is 0 Å². The third-order valence-electron chi connectivity index (χ3n) is 5.26. The molecule has 0 fully saturated rings. The van der Waals surface area contributed by atoms with Crippen molar-refractivity contribution in [3.05, 3.63) is 96.6 Å². The Morgan fingerprint density at radius 2 is 1.38 bits per heavy atom. The Hall–Kier alpha value is -3.83. The lowest BCUT2D eigenvalue weighted by molar-refractivity contribution is 0.529. The zero-order chi connectivity index (χ0) is 23.8. The summed E-state index contributed by atoms with van der Waals surface area (Å²) in [6, 6.07) is 22.8. The summed E-state index contributed by atoms with van der Waals surface area (Å²) in [4.78, 5) is 4.47. The Morgan fingerprint density at radius 1 is 0.765 bits per heavy atom. The number of rotatable bonds is 4. The van der Waals surface area contributed by atoms with E-state index in [2.05, 4.69) is 14.5 Å². The summed E-state index contributed by atoms with van der Waals surface area (Å²) >= 11 is 0. The van der Waals surface area contributed by atoms with Gasteiger partial charge in [-0.1, -0.05) is 60.7 Å². The molecule has 0 N–H and O–H groups in total. The fraction of sp³-hybridized carbons (Fsp3) is 0.0870. The molecule has 2 heterocycles. The number of fused-ring (bicyclic) bond motifs is 1. The molecule has 0 spiro atoms. The molecular formula is C23H19N5O4S2. The number of sulfonamides is 2. The van der Waals surface area contributed by atoms with Gasteiger partial charge in [0.25, 0.3) is 20.0 Å². The van der Waals surface area contributed by atoms with Gasteiger partial charge in [-0.15, -0.1) is 4.40 Å². The molecule has 1 aliphatic rings. The van der Waals surface area contributed by atoms with Crippen LogP contribution in [0.15, 0.2) is 110 Å². The lowest BCUT2D eigenvalue weighted by Gasteiger charge is -2.21. The van der Waals surface area contributed by atoms with Crippen LogP contribution >= 0.6 is 0 Å². The standard InChI is InChI=1S/C23H19N5O4S2/c29-33(30,19-10-3-1-4-11-19)26-22-21-14-8-7-9-18(21)17-25-28(22)23-24-15-16-27(23)34(31,32)20-12-5-2-6-13-20/h1-14,17H,15-16H2/b26-22+. The second kappa shape index (κ2) is 8.50. The summed E-state index contributed by atoms with van der Waals surface area (Å²) < 4.78 is 59.4. The molecule has 0 bridgehead atoms. The zero-order valence-corrected chi connectivity index (χ0v) is 19.4. The van der Waals surface area contributed by atoms with Crippen LogP contribution in [0.2, 0.25) is 0 Å². The lowest BCUT2D eigenvalue weighted by Crippen LogP contribution is -2.43. The predicted octanol–water partition coefficient (Wildman–Crippen LogP) is 2.23. The normalized spacial score (nSPS) is 15.0. The Balaban J connectivity index is 1.74. The van der Waals surface area contributed by atoms with E-state index in [0.717, 1.165) is 4.31 Å². The highest BCUT2D eigenvalue weighted by Crippen LogP contribution is 2.19. The molecule has 34 heavy (non-hydrogen) atoms. The average Bonchev–Trinajstić information content (AvgIpc) is 3.36. The molecule has 0 saturated heterocycles. The first kappa shape index (κ1) is 22.0. The van der Waals surface area contributed by atoms with Gasteiger partial charge in [0.15, 0.2) is 5.49 Å². The van der Waals surface area contributed by atoms with Crippen molar-refractivity contribution in [2.24, 2.45) is 9.39 Å². The first-order valence-corrected chi connectivity index (χ1v) is 13.2. The molecule has 4 aromatic rings. The second-order valence-corrected chi connectivity index (χ2v) is 10.9. The summed E-state index contributed by atoms with van der Waals surface area (Å²) in [7, 11) is -8.07. The van der Waals surface area contributed by atoms with Gasteiger partial charge in [-0.3, -0.25) is 0 Å². The molecule has 0 saturated carbocycles. The van der Waals surface area contributed by atoms with Crippen LogP contribution in [0.1, 0.15) is 0 Å². The van der Waals surface area contributed by atoms with Gasteiger partial charge in [0.2, 0.25) is 5.96 Å². The van der Waals surface area contributed by atoms with Crippen molar-refractivity contribution < 1.29 is 16.8 Å². The summed E-state index contributed by atoms with van der Waals surface area (Å²) in [5.74, 6) is -0.0170. The van der Waals surface area contributed by atoms with Crippen molar-refractivity contribution in [1.82, 2.24) is 14.1 Å². The van der Waals surface area contributed by atoms with Crippen LogP contribution in [-0.2, 0) is 20.0 Å². The van der Waals surface area contributed by atoms with Crippen LogP contribution < -0.4 is 5.49 Å². The number of aromatic nitrogens is 2. The minimum Gasteiger partial charge on any atom is -0.248 e. The third-order valence-corrected chi connectivity index (χ3v) is 8.34. The van der Waals surface area contributed by atoms with Gasteiger partial charge in [-0.05, 0) is 24.3 Å². The largest absolute Gasteiger partial charge is 0.284 e. The van der Waals surface area contributed by atoms with Crippen LogP contribution in [0.25, 0.3) is 10.8 Å². The van der Waals surface area contributed by atoms with Crippen molar-refractivity contribution in [3.8, 4) is 0 Å². The van der Waals surface area contributed by atoms with E-state index in [1.54, 1.807) is 60.7 Å². The SMILES string of the molecule is O=S(=O)(/N=c1\c2ccccc2cnn1C1=NCCN1S(=O)(=O)c1ccccc1)c1ccccc1. The smallest absolute Gasteiger partial charge is 0.248 e. The molecule has 0 unspecified atom stereocenters. The minimum absolute atomic E-state index is 0.0107. The van der Waals surface area contributed by atoms with Gasteiger partial charge in [-0.25, -0.2) is 17.7 Å². The molecule has 1 aromatic heterocycles. The molecule has 0 atom stereocenters. The lowest BCUT2D eigenvalue weighted by atomic mass is 10.2. The molecule has 3 aromatic carbocycles. The van der Waals surface area contributed by atoms with Gasteiger partial charge in [0.1, 0.15) is 0 Å². The number of aliphatic imine (C=N–C) groups is 1. The van der Waals surface area contributed by atoms with E-state index in [1.165, 1.54) is 35.1 Å². The average molecular weight is 494 g/mol.